The minimum atomic E-state index is -0.207. The average molecular weight is 399 g/mol. The molecule has 2 aliphatic rings. The van der Waals surface area contributed by atoms with Gasteiger partial charge < -0.3 is 4.90 Å². The number of aromatic nitrogens is 3. The summed E-state index contributed by atoms with van der Waals surface area (Å²) in [7, 11) is 3.30. The second-order valence-corrected chi connectivity index (χ2v) is 9.62. The molecule has 3 amide bonds. The van der Waals surface area contributed by atoms with Crippen molar-refractivity contribution in [3.63, 3.8) is 0 Å². The standard InChI is InChI=1S/C21H29N5O3/c1-21(2,3)12-26-16-7-6-15(22-18(16)24(5)20(26)29)14-10-13(14)8-9-25-11-17(27)23(4)19(25)28/h6-7,13-14H,8-12H2,1-5H3/t13-,14?/m1/s1. The second-order valence-electron chi connectivity index (χ2n) is 9.62. The summed E-state index contributed by atoms with van der Waals surface area (Å²) >= 11 is 0. The number of hydrogen-bond acceptors (Lipinski definition) is 4. The SMILES string of the molecule is CN1C(=O)CN(CC[C@@H]2CC2c2ccc3c(n2)n(C)c(=O)n3CC(C)(C)C)C1=O. The van der Waals surface area contributed by atoms with Gasteiger partial charge in [-0.05, 0) is 36.3 Å². The normalized spacial score (nSPS) is 22.2. The number of aryl methyl sites for hydroxylation is 1. The number of imide groups is 1. The van der Waals surface area contributed by atoms with Crippen LogP contribution in [-0.4, -0.2) is 56.0 Å². The topological polar surface area (TPSA) is 80.4 Å². The Bertz CT molecular complexity index is 1040. The van der Waals surface area contributed by atoms with Crippen molar-refractivity contribution in [2.75, 3.05) is 20.1 Å². The Morgan fingerprint density at radius 2 is 1.86 bits per heavy atom. The van der Waals surface area contributed by atoms with Crippen molar-refractivity contribution in [2.45, 2.75) is 46.1 Å². The predicted octanol–water partition coefficient (Wildman–Crippen LogP) is 2.17. The molecule has 0 aromatic carbocycles. The Morgan fingerprint density at radius 3 is 2.48 bits per heavy atom. The molecule has 1 aliphatic carbocycles. The van der Waals surface area contributed by atoms with E-state index in [2.05, 4.69) is 20.8 Å². The summed E-state index contributed by atoms with van der Waals surface area (Å²) in [6, 6.07) is 3.84. The Labute approximate surface area is 170 Å². The number of likely N-dealkylation sites (N-methyl/N-ethyl adjacent to an activating group) is 1. The van der Waals surface area contributed by atoms with Crippen LogP contribution >= 0.6 is 0 Å². The van der Waals surface area contributed by atoms with Gasteiger partial charge in [0, 0.05) is 38.8 Å². The van der Waals surface area contributed by atoms with Gasteiger partial charge in [0.1, 0.15) is 6.54 Å². The van der Waals surface area contributed by atoms with Crippen LogP contribution in [0.2, 0.25) is 0 Å². The summed E-state index contributed by atoms with van der Waals surface area (Å²) in [5.41, 5.74) is 2.57. The molecular formula is C21H29N5O3. The van der Waals surface area contributed by atoms with Gasteiger partial charge in [0.2, 0.25) is 5.91 Å². The molecule has 0 N–H and O–H groups in total. The second kappa shape index (κ2) is 6.71. The summed E-state index contributed by atoms with van der Waals surface area (Å²) in [6.45, 7) is 7.77. The van der Waals surface area contributed by atoms with Gasteiger partial charge in [-0.1, -0.05) is 20.8 Å². The summed E-state index contributed by atoms with van der Waals surface area (Å²) in [4.78, 5) is 43.9. The number of rotatable bonds is 5. The van der Waals surface area contributed by atoms with Crippen molar-refractivity contribution >= 4 is 23.1 Å². The van der Waals surface area contributed by atoms with E-state index in [1.807, 2.05) is 16.7 Å². The van der Waals surface area contributed by atoms with Crippen molar-refractivity contribution in [3.05, 3.63) is 28.3 Å². The van der Waals surface area contributed by atoms with Gasteiger partial charge in [-0.2, -0.15) is 0 Å². The Balaban J connectivity index is 1.47. The van der Waals surface area contributed by atoms with E-state index in [1.54, 1.807) is 16.5 Å². The molecule has 1 saturated heterocycles. The number of imidazole rings is 1. The highest BCUT2D eigenvalue weighted by Crippen LogP contribution is 2.49. The zero-order chi connectivity index (χ0) is 21.1. The largest absolute Gasteiger partial charge is 0.330 e. The molecule has 1 saturated carbocycles. The Hall–Kier alpha value is -2.64. The summed E-state index contributed by atoms with van der Waals surface area (Å²) in [6.07, 6.45) is 1.89. The van der Waals surface area contributed by atoms with E-state index >= 15 is 0 Å². The lowest BCUT2D eigenvalue weighted by molar-refractivity contribution is -0.124. The number of fused-ring (bicyclic) bond motifs is 1. The van der Waals surface area contributed by atoms with Crippen LogP contribution in [0.4, 0.5) is 4.79 Å². The quantitative estimate of drug-likeness (QED) is 0.722. The number of hydrogen-bond donors (Lipinski definition) is 0. The molecule has 1 unspecified atom stereocenters. The molecule has 2 aromatic rings. The third-order valence-corrected chi connectivity index (χ3v) is 5.96. The number of carbonyl (C=O) groups is 2. The van der Waals surface area contributed by atoms with Crippen LogP contribution in [0, 0.1) is 11.3 Å². The number of nitrogens with zero attached hydrogens (tertiary/aromatic N) is 5. The molecule has 0 bridgehead atoms. The van der Waals surface area contributed by atoms with Crippen molar-refractivity contribution in [3.8, 4) is 0 Å². The molecule has 0 spiro atoms. The molecule has 8 nitrogen and oxygen atoms in total. The molecule has 1 aliphatic heterocycles. The fourth-order valence-corrected chi connectivity index (χ4v) is 4.20. The lowest BCUT2D eigenvalue weighted by Crippen LogP contribution is -2.30. The molecule has 8 heteroatoms. The molecule has 2 atom stereocenters. The molecule has 0 radical (unpaired) electrons. The molecular weight excluding hydrogens is 370 g/mol. The van der Waals surface area contributed by atoms with Gasteiger partial charge in [0.15, 0.2) is 5.65 Å². The molecule has 2 fully saturated rings. The average Bonchev–Trinajstić information content (AvgIpc) is 3.35. The number of urea groups is 1. The number of amides is 3. The smallest absolute Gasteiger partial charge is 0.315 e. The van der Waals surface area contributed by atoms with Crippen molar-refractivity contribution < 1.29 is 9.59 Å². The van der Waals surface area contributed by atoms with Gasteiger partial charge in [0.05, 0.1) is 5.52 Å². The van der Waals surface area contributed by atoms with Crippen LogP contribution in [0.3, 0.4) is 0 Å². The molecule has 3 heterocycles. The highest BCUT2D eigenvalue weighted by atomic mass is 16.2. The van der Waals surface area contributed by atoms with Crippen LogP contribution in [0.15, 0.2) is 16.9 Å². The summed E-state index contributed by atoms with van der Waals surface area (Å²) in [5, 5.41) is 0. The maximum Gasteiger partial charge on any atom is 0.330 e. The summed E-state index contributed by atoms with van der Waals surface area (Å²) in [5.74, 6) is 0.671. The van der Waals surface area contributed by atoms with Crippen LogP contribution in [-0.2, 0) is 18.4 Å². The van der Waals surface area contributed by atoms with Gasteiger partial charge in [-0.3, -0.25) is 18.8 Å². The third-order valence-electron chi connectivity index (χ3n) is 5.96. The first-order valence-corrected chi connectivity index (χ1v) is 10.2. The van der Waals surface area contributed by atoms with Crippen LogP contribution < -0.4 is 5.69 Å². The van der Waals surface area contributed by atoms with Gasteiger partial charge in [-0.25, -0.2) is 14.6 Å². The fraction of sp³-hybridized carbons (Fsp3) is 0.619. The van der Waals surface area contributed by atoms with Crippen LogP contribution in [0.5, 0.6) is 0 Å². The lowest BCUT2D eigenvalue weighted by atomic mass is 9.97. The maximum atomic E-state index is 12.7. The van der Waals surface area contributed by atoms with E-state index in [4.69, 9.17) is 4.98 Å². The van der Waals surface area contributed by atoms with Crippen LogP contribution in [0.1, 0.15) is 45.2 Å². The van der Waals surface area contributed by atoms with Crippen molar-refractivity contribution in [1.29, 1.82) is 0 Å². The van der Waals surface area contributed by atoms with Crippen molar-refractivity contribution in [1.82, 2.24) is 23.9 Å². The Morgan fingerprint density at radius 1 is 1.14 bits per heavy atom. The highest BCUT2D eigenvalue weighted by Gasteiger charge is 2.41. The lowest BCUT2D eigenvalue weighted by Gasteiger charge is -2.18. The van der Waals surface area contributed by atoms with Gasteiger partial charge in [0.25, 0.3) is 0 Å². The maximum absolute atomic E-state index is 12.7. The third kappa shape index (κ3) is 3.56. The van der Waals surface area contributed by atoms with Gasteiger partial charge in [-0.15, -0.1) is 0 Å². The zero-order valence-electron chi connectivity index (χ0n) is 17.8. The first-order chi connectivity index (χ1) is 13.6. The minimum Gasteiger partial charge on any atom is -0.315 e. The first-order valence-electron chi connectivity index (χ1n) is 10.2. The zero-order valence-corrected chi connectivity index (χ0v) is 17.8. The molecule has 4 rings (SSSR count). The fourth-order valence-electron chi connectivity index (χ4n) is 4.20. The monoisotopic (exact) mass is 399 g/mol. The molecule has 156 valence electrons. The first kappa shape index (κ1) is 19.7. The minimum absolute atomic E-state index is 0.000821. The number of pyridine rings is 1. The van der Waals surface area contributed by atoms with E-state index in [-0.39, 0.29) is 29.6 Å². The van der Waals surface area contributed by atoms with Crippen molar-refractivity contribution in [2.24, 2.45) is 18.4 Å². The molecule has 29 heavy (non-hydrogen) atoms. The van der Waals surface area contributed by atoms with Crippen LogP contribution in [0.25, 0.3) is 11.2 Å². The van der Waals surface area contributed by atoms with Gasteiger partial charge >= 0.3 is 11.7 Å². The molecule has 2 aromatic heterocycles. The number of carbonyl (C=O) groups excluding carboxylic acids is 2. The predicted molar refractivity (Wildman–Crippen MR) is 110 cm³/mol. The highest BCUT2D eigenvalue weighted by molar-refractivity contribution is 6.01. The van der Waals surface area contributed by atoms with E-state index in [9.17, 15) is 14.4 Å². The van der Waals surface area contributed by atoms with E-state index in [1.165, 1.54) is 11.9 Å². The Kier molecular flexibility index (Phi) is 4.55. The van der Waals surface area contributed by atoms with E-state index in [0.717, 1.165) is 29.7 Å². The summed E-state index contributed by atoms with van der Waals surface area (Å²) < 4.78 is 3.44. The van der Waals surface area contributed by atoms with E-state index < -0.39 is 0 Å². The van der Waals surface area contributed by atoms with E-state index in [0.29, 0.717) is 24.9 Å².